The molecule has 0 spiro atoms. The van der Waals surface area contributed by atoms with Gasteiger partial charge < -0.3 is 9.30 Å². The van der Waals surface area contributed by atoms with Crippen LogP contribution < -0.4 is 5.56 Å². The molecule has 0 unspecified atom stereocenters. The quantitative estimate of drug-likeness (QED) is 0.757. The molecule has 0 bridgehead atoms. The maximum atomic E-state index is 12.3. The summed E-state index contributed by atoms with van der Waals surface area (Å²) in [7, 11) is 1.61. The molecule has 0 saturated carbocycles. The van der Waals surface area contributed by atoms with E-state index in [1.165, 1.54) is 5.56 Å². The second-order valence-electron chi connectivity index (χ2n) is 4.48. The van der Waals surface area contributed by atoms with Crippen molar-refractivity contribution in [2.24, 2.45) is 0 Å². The number of hydrogen-bond acceptors (Lipinski definition) is 3. The van der Waals surface area contributed by atoms with Crippen molar-refractivity contribution in [1.29, 1.82) is 0 Å². The number of aryl methyl sites for hydroxylation is 1. The van der Waals surface area contributed by atoms with E-state index in [9.17, 15) is 9.59 Å². The molecule has 2 rings (SSSR count). The highest BCUT2D eigenvalue weighted by Gasteiger charge is 2.19. The zero-order chi connectivity index (χ0) is 13.1. The van der Waals surface area contributed by atoms with Crippen LogP contribution in [0, 0.1) is 0 Å². The van der Waals surface area contributed by atoms with Gasteiger partial charge in [-0.1, -0.05) is 0 Å². The minimum atomic E-state index is -0.497. The molecule has 0 saturated heterocycles. The number of aromatic nitrogens is 1. The molecule has 18 heavy (non-hydrogen) atoms. The Kier molecular flexibility index (Phi) is 4.19. The highest BCUT2D eigenvalue weighted by molar-refractivity contribution is 6.63. The molecule has 5 heteroatoms. The van der Waals surface area contributed by atoms with E-state index >= 15 is 0 Å². The van der Waals surface area contributed by atoms with Gasteiger partial charge in [0.25, 0.3) is 5.56 Å². The number of pyridine rings is 1. The lowest BCUT2D eigenvalue weighted by Gasteiger charge is -2.13. The lowest BCUT2D eigenvalue weighted by atomic mass is 10.1. The van der Waals surface area contributed by atoms with Gasteiger partial charge in [0.15, 0.2) is 0 Å². The van der Waals surface area contributed by atoms with Crippen LogP contribution in [-0.4, -0.2) is 23.5 Å². The first-order valence-electron chi connectivity index (χ1n) is 6.05. The zero-order valence-corrected chi connectivity index (χ0v) is 11.1. The topological polar surface area (TPSA) is 48.3 Å². The molecule has 0 atom stereocenters. The number of halogens is 1. The van der Waals surface area contributed by atoms with Crippen LogP contribution in [0.3, 0.4) is 0 Å². The zero-order valence-electron chi connectivity index (χ0n) is 10.4. The van der Waals surface area contributed by atoms with E-state index < -0.39 is 5.24 Å². The van der Waals surface area contributed by atoms with Gasteiger partial charge >= 0.3 is 0 Å². The largest absolute Gasteiger partial charge is 0.383 e. The third-order valence-corrected chi connectivity index (χ3v) is 3.41. The summed E-state index contributed by atoms with van der Waals surface area (Å²) in [4.78, 5) is 23.3. The van der Waals surface area contributed by atoms with Gasteiger partial charge in [0.2, 0.25) is 5.24 Å². The number of methoxy groups -OCH3 is 1. The summed E-state index contributed by atoms with van der Waals surface area (Å²) < 4.78 is 6.77. The maximum absolute atomic E-state index is 12.3. The van der Waals surface area contributed by atoms with Crippen LogP contribution in [0.15, 0.2) is 10.9 Å². The monoisotopic (exact) mass is 269 g/mol. The number of fused-ring (bicyclic) bond motifs is 1. The van der Waals surface area contributed by atoms with Gasteiger partial charge in [-0.25, -0.2) is 0 Å². The highest BCUT2D eigenvalue weighted by Crippen LogP contribution is 2.21. The molecular weight excluding hydrogens is 254 g/mol. The van der Waals surface area contributed by atoms with Gasteiger partial charge in [-0.2, -0.15) is 0 Å². The van der Waals surface area contributed by atoms with Gasteiger partial charge in [-0.3, -0.25) is 9.59 Å². The van der Waals surface area contributed by atoms with E-state index in [1.807, 2.05) is 6.07 Å². The molecule has 0 aliphatic heterocycles. The van der Waals surface area contributed by atoms with Crippen molar-refractivity contribution >= 4 is 16.8 Å². The SMILES string of the molecule is COCCn1c2c(cc(CC(=O)Cl)c1=O)CCC2. The summed E-state index contributed by atoms with van der Waals surface area (Å²) in [5.74, 6) is 0. The molecule has 0 fully saturated rings. The predicted octanol–water partition coefficient (Wildman–Crippen LogP) is 1.29. The van der Waals surface area contributed by atoms with Crippen molar-refractivity contribution < 1.29 is 9.53 Å². The second-order valence-corrected chi connectivity index (χ2v) is 4.90. The van der Waals surface area contributed by atoms with Crippen LogP contribution >= 0.6 is 11.6 Å². The Hall–Kier alpha value is -1.13. The smallest absolute Gasteiger partial charge is 0.254 e. The molecule has 0 radical (unpaired) electrons. The lowest BCUT2D eigenvalue weighted by molar-refractivity contribution is -0.111. The second kappa shape index (κ2) is 5.67. The lowest BCUT2D eigenvalue weighted by Crippen LogP contribution is -2.29. The minimum Gasteiger partial charge on any atom is -0.383 e. The number of carbonyl (C=O) groups excluding carboxylic acids is 1. The molecule has 0 aromatic carbocycles. The fourth-order valence-electron chi connectivity index (χ4n) is 2.48. The van der Waals surface area contributed by atoms with E-state index in [-0.39, 0.29) is 12.0 Å². The summed E-state index contributed by atoms with van der Waals surface area (Å²) in [6.45, 7) is 1.02. The normalized spacial score (nSPS) is 13.7. The van der Waals surface area contributed by atoms with Gasteiger partial charge in [0.05, 0.1) is 13.0 Å². The number of nitrogens with zero attached hydrogens (tertiary/aromatic N) is 1. The van der Waals surface area contributed by atoms with Crippen molar-refractivity contribution in [3.8, 4) is 0 Å². The molecule has 4 nitrogen and oxygen atoms in total. The third kappa shape index (κ3) is 2.65. The maximum Gasteiger partial charge on any atom is 0.254 e. The van der Waals surface area contributed by atoms with Crippen molar-refractivity contribution in [2.45, 2.75) is 32.2 Å². The van der Waals surface area contributed by atoms with Gasteiger partial charge in [-0.05, 0) is 42.5 Å². The molecule has 0 amide bonds. The number of rotatable bonds is 5. The first kappa shape index (κ1) is 13.3. The van der Waals surface area contributed by atoms with Crippen LogP contribution in [0.4, 0.5) is 0 Å². The van der Waals surface area contributed by atoms with Crippen LogP contribution in [0.5, 0.6) is 0 Å². The highest BCUT2D eigenvalue weighted by atomic mass is 35.5. The Morgan fingerprint density at radius 3 is 2.94 bits per heavy atom. The summed E-state index contributed by atoms with van der Waals surface area (Å²) in [5.41, 5.74) is 2.63. The van der Waals surface area contributed by atoms with Crippen LogP contribution in [-0.2, 0) is 35.3 Å². The van der Waals surface area contributed by atoms with Crippen LogP contribution in [0.2, 0.25) is 0 Å². The standard InChI is InChI=1S/C13H16ClNO3/c1-18-6-5-15-11-4-2-3-9(11)7-10(13(15)17)8-12(14)16/h7H,2-6,8H2,1H3. The van der Waals surface area contributed by atoms with Crippen molar-refractivity contribution in [1.82, 2.24) is 4.57 Å². The predicted molar refractivity (Wildman–Crippen MR) is 69.2 cm³/mol. The fraction of sp³-hybridized carbons (Fsp3) is 0.538. The number of ether oxygens (including phenoxy) is 1. The summed E-state index contributed by atoms with van der Waals surface area (Å²) in [5, 5.41) is -0.497. The van der Waals surface area contributed by atoms with Gasteiger partial charge in [0.1, 0.15) is 0 Å². The Balaban J connectivity index is 2.45. The first-order chi connectivity index (χ1) is 8.63. The van der Waals surface area contributed by atoms with Gasteiger partial charge in [-0.15, -0.1) is 0 Å². The Bertz CT molecular complexity index is 522. The van der Waals surface area contributed by atoms with E-state index in [4.69, 9.17) is 16.3 Å². The summed E-state index contributed by atoms with van der Waals surface area (Å²) in [6.07, 6.45) is 2.94. The molecular formula is C13H16ClNO3. The van der Waals surface area contributed by atoms with E-state index in [1.54, 1.807) is 11.7 Å². The Labute approximate surface area is 111 Å². The molecule has 98 valence electrons. The average Bonchev–Trinajstić information content (AvgIpc) is 2.76. The minimum absolute atomic E-state index is 0.000646. The fourth-order valence-corrected chi connectivity index (χ4v) is 2.62. The van der Waals surface area contributed by atoms with Crippen molar-refractivity contribution in [2.75, 3.05) is 13.7 Å². The van der Waals surface area contributed by atoms with Crippen molar-refractivity contribution in [3.05, 3.63) is 33.2 Å². The molecule has 0 N–H and O–H groups in total. The van der Waals surface area contributed by atoms with Crippen LogP contribution in [0.1, 0.15) is 23.2 Å². The Morgan fingerprint density at radius 2 is 2.28 bits per heavy atom. The molecule has 1 aromatic rings. The first-order valence-corrected chi connectivity index (χ1v) is 6.43. The van der Waals surface area contributed by atoms with E-state index in [2.05, 4.69) is 0 Å². The third-order valence-electron chi connectivity index (χ3n) is 3.27. The summed E-state index contributed by atoms with van der Waals surface area (Å²) in [6, 6.07) is 1.84. The van der Waals surface area contributed by atoms with E-state index in [0.29, 0.717) is 18.7 Å². The Morgan fingerprint density at radius 1 is 1.50 bits per heavy atom. The summed E-state index contributed by atoms with van der Waals surface area (Å²) >= 11 is 5.38. The number of carbonyl (C=O) groups is 1. The van der Waals surface area contributed by atoms with Crippen LogP contribution in [0.25, 0.3) is 0 Å². The number of hydrogen-bond donors (Lipinski definition) is 0. The van der Waals surface area contributed by atoms with Gasteiger partial charge in [0, 0.05) is 24.9 Å². The average molecular weight is 270 g/mol. The molecule has 1 aliphatic rings. The molecule has 1 aliphatic carbocycles. The molecule has 1 aromatic heterocycles. The molecule has 1 heterocycles. The van der Waals surface area contributed by atoms with E-state index in [0.717, 1.165) is 25.0 Å². The van der Waals surface area contributed by atoms with Crippen molar-refractivity contribution in [3.63, 3.8) is 0 Å².